The van der Waals surface area contributed by atoms with Crippen molar-refractivity contribution < 1.29 is 4.74 Å². The van der Waals surface area contributed by atoms with Gasteiger partial charge in [-0.2, -0.15) is 4.37 Å². The molecule has 16 heavy (non-hydrogen) atoms. The van der Waals surface area contributed by atoms with Crippen LogP contribution in [0.4, 0.5) is 5.69 Å². The zero-order chi connectivity index (χ0) is 11.4. The molecular formula is C10H11N3OS2. The van der Waals surface area contributed by atoms with Crippen molar-refractivity contribution in [3.05, 3.63) is 24.5 Å². The molecule has 1 aromatic carbocycles. The first-order valence-electron chi connectivity index (χ1n) is 4.77. The Kier molecular flexibility index (Phi) is 3.63. The smallest absolute Gasteiger partial charge is 0.174 e. The zero-order valence-corrected chi connectivity index (χ0v) is 10.3. The molecule has 0 saturated carbocycles. The van der Waals surface area contributed by atoms with Crippen LogP contribution >= 0.6 is 23.3 Å². The van der Waals surface area contributed by atoms with E-state index < -0.39 is 0 Å². The van der Waals surface area contributed by atoms with Crippen molar-refractivity contribution >= 4 is 29.0 Å². The summed E-state index contributed by atoms with van der Waals surface area (Å²) in [6, 6.07) is 5.73. The van der Waals surface area contributed by atoms with Gasteiger partial charge < -0.3 is 10.5 Å². The summed E-state index contributed by atoms with van der Waals surface area (Å²) in [7, 11) is 0. The van der Waals surface area contributed by atoms with Crippen LogP contribution in [0.25, 0.3) is 0 Å². The van der Waals surface area contributed by atoms with Crippen molar-refractivity contribution in [1.29, 1.82) is 0 Å². The standard InChI is InChI=1S/C10H11N3OS2/c1-2-14-7-4-3-5-8(9(7)11)15-10-12-6-13-16-10/h3-6H,2,11H2,1H3. The Morgan fingerprint density at radius 2 is 2.38 bits per heavy atom. The lowest BCUT2D eigenvalue weighted by atomic mass is 10.3. The molecule has 6 heteroatoms. The Morgan fingerprint density at radius 1 is 1.50 bits per heavy atom. The summed E-state index contributed by atoms with van der Waals surface area (Å²) in [6.07, 6.45) is 1.54. The van der Waals surface area contributed by atoms with Gasteiger partial charge in [0, 0.05) is 4.90 Å². The van der Waals surface area contributed by atoms with E-state index in [2.05, 4.69) is 9.36 Å². The molecule has 0 atom stereocenters. The molecule has 0 fully saturated rings. The van der Waals surface area contributed by atoms with Crippen LogP contribution in [0.1, 0.15) is 6.92 Å². The summed E-state index contributed by atoms with van der Waals surface area (Å²) in [6.45, 7) is 2.54. The lowest BCUT2D eigenvalue weighted by Crippen LogP contribution is -1.97. The van der Waals surface area contributed by atoms with E-state index >= 15 is 0 Å². The number of nitrogens with two attached hydrogens (primary N) is 1. The molecule has 0 radical (unpaired) electrons. The van der Waals surface area contributed by atoms with Crippen LogP contribution in [0.15, 0.2) is 33.8 Å². The summed E-state index contributed by atoms with van der Waals surface area (Å²) in [5.41, 5.74) is 6.65. The number of nitrogens with zero attached hydrogens (tertiary/aromatic N) is 2. The van der Waals surface area contributed by atoms with Gasteiger partial charge in [-0.15, -0.1) is 0 Å². The molecular weight excluding hydrogens is 242 g/mol. The molecule has 2 N–H and O–H groups in total. The van der Waals surface area contributed by atoms with Gasteiger partial charge in [0.2, 0.25) is 0 Å². The molecule has 0 amide bonds. The zero-order valence-electron chi connectivity index (χ0n) is 8.71. The summed E-state index contributed by atoms with van der Waals surface area (Å²) in [4.78, 5) is 5.05. The van der Waals surface area contributed by atoms with Crippen molar-refractivity contribution in [1.82, 2.24) is 9.36 Å². The van der Waals surface area contributed by atoms with Gasteiger partial charge in [-0.25, -0.2) is 4.98 Å². The molecule has 0 unspecified atom stereocenters. The molecule has 0 aliphatic heterocycles. The molecule has 0 bridgehead atoms. The molecule has 2 rings (SSSR count). The van der Waals surface area contributed by atoms with E-state index in [1.54, 1.807) is 0 Å². The summed E-state index contributed by atoms with van der Waals surface area (Å²) >= 11 is 2.85. The van der Waals surface area contributed by atoms with E-state index in [1.165, 1.54) is 29.6 Å². The number of anilines is 1. The normalized spacial score (nSPS) is 10.3. The van der Waals surface area contributed by atoms with Crippen LogP contribution in [0.5, 0.6) is 5.75 Å². The Hall–Kier alpha value is -1.27. The minimum absolute atomic E-state index is 0.608. The lowest BCUT2D eigenvalue weighted by molar-refractivity contribution is 0.341. The molecule has 4 nitrogen and oxygen atoms in total. The summed E-state index contributed by atoms with van der Waals surface area (Å²) in [5, 5.41) is 0. The third kappa shape index (κ3) is 2.45. The van der Waals surface area contributed by atoms with Crippen LogP contribution in [-0.2, 0) is 0 Å². The fourth-order valence-electron chi connectivity index (χ4n) is 1.20. The predicted octanol–water partition coefficient (Wildman–Crippen LogP) is 2.67. The van der Waals surface area contributed by atoms with Crippen molar-refractivity contribution in [2.24, 2.45) is 0 Å². The average molecular weight is 253 g/mol. The second kappa shape index (κ2) is 5.18. The van der Waals surface area contributed by atoms with Gasteiger partial charge in [-0.1, -0.05) is 17.8 Å². The van der Waals surface area contributed by atoms with Crippen molar-refractivity contribution in [3.63, 3.8) is 0 Å². The highest BCUT2D eigenvalue weighted by molar-refractivity contribution is 8.01. The number of hydrogen-bond acceptors (Lipinski definition) is 6. The van der Waals surface area contributed by atoms with Gasteiger partial charge >= 0.3 is 0 Å². The maximum atomic E-state index is 6.00. The van der Waals surface area contributed by atoms with Crippen LogP contribution in [0.3, 0.4) is 0 Å². The highest BCUT2D eigenvalue weighted by atomic mass is 32.2. The van der Waals surface area contributed by atoms with Crippen molar-refractivity contribution in [2.45, 2.75) is 16.2 Å². The number of nitrogen functional groups attached to an aromatic ring is 1. The Bertz CT molecular complexity index is 459. The number of ether oxygens (including phenoxy) is 1. The highest BCUT2D eigenvalue weighted by Crippen LogP contribution is 2.37. The Morgan fingerprint density at radius 3 is 3.06 bits per heavy atom. The fraction of sp³-hybridized carbons (Fsp3) is 0.200. The quantitative estimate of drug-likeness (QED) is 0.849. The average Bonchev–Trinajstić information content (AvgIpc) is 2.77. The maximum Gasteiger partial charge on any atom is 0.174 e. The summed E-state index contributed by atoms with van der Waals surface area (Å²) < 4.78 is 10.2. The largest absolute Gasteiger partial charge is 0.492 e. The van der Waals surface area contributed by atoms with Gasteiger partial charge in [0.25, 0.3) is 0 Å². The number of benzene rings is 1. The van der Waals surface area contributed by atoms with Gasteiger partial charge in [0.15, 0.2) is 4.34 Å². The Labute approximate surface area is 102 Å². The first-order valence-corrected chi connectivity index (χ1v) is 6.36. The molecule has 1 aromatic heterocycles. The van der Waals surface area contributed by atoms with E-state index in [9.17, 15) is 0 Å². The second-order valence-corrected chi connectivity index (χ2v) is 4.98. The monoisotopic (exact) mass is 253 g/mol. The van der Waals surface area contributed by atoms with Gasteiger partial charge in [-0.3, -0.25) is 0 Å². The van der Waals surface area contributed by atoms with Gasteiger partial charge in [-0.05, 0) is 30.6 Å². The van der Waals surface area contributed by atoms with E-state index in [4.69, 9.17) is 10.5 Å². The third-order valence-electron chi connectivity index (χ3n) is 1.86. The second-order valence-electron chi connectivity index (χ2n) is 2.91. The van der Waals surface area contributed by atoms with Crippen LogP contribution in [0, 0.1) is 0 Å². The SMILES string of the molecule is CCOc1cccc(Sc2ncns2)c1N. The van der Waals surface area contributed by atoms with Crippen LogP contribution in [0.2, 0.25) is 0 Å². The van der Waals surface area contributed by atoms with Gasteiger partial charge in [0.05, 0.1) is 12.3 Å². The van der Waals surface area contributed by atoms with Gasteiger partial charge in [0.1, 0.15) is 12.1 Å². The van der Waals surface area contributed by atoms with Crippen LogP contribution in [-0.4, -0.2) is 16.0 Å². The maximum absolute atomic E-state index is 6.00. The number of para-hydroxylation sites is 1. The van der Waals surface area contributed by atoms with E-state index in [0.717, 1.165) is 15.0 Å². The molecule has 0 saturated heterocycles. The minimum Gasteiger partial charge on any atom is -0.492 e. The topological polar surface area (TPSA) is 61.0 Å². The number of rotatable bonds is 4. The Balaban J connectivity index is 2.24. The lowest BCUT2D eigenvalue weighted by Gasteiger charge is -2.09. The molecule has 0 spiro atoms. The highest BCUT2D eigenvalue weighted by Gasteiger charge is 2.08. The summed E-state index contributed by atoms with van der Waals surface area (Å²) in [5.74, 6) is 0.719. The number of hydrogen-bond donors (Lipinski definition) is 1. The molecule has 84 valence electrons. The van der Waals surface area contributed by atoms with Crippen molar-refractivity contribution in [3.8, 4) is 5.75 Å². The van der Waals surface area contributed by atoms with Crippen LogP contribution < -0.4 is 10.5 Å². The number of aromatic nitrogens is 2. The van der Waals surface area contributed by atoms with E-state index in [1.807, 2.05) is 25.1 Å². The first kappa shape index (κ1) is 11.2. The van der Waals surface area contributed by atoms with E-state index in [0.29, 0.717) is 12.3 Å². The first-order chi connectivity index (χ1) is 7.81. The van der Waals surface area contributed by atoms with Crippen molar-refractivity contribution in [2.75, 3.05) is 12.3 Å². The fourth-order valence-corrected chi connectivity index (χ4v) is 2.67. The molecule has 1 heterocycles. The molecule has 2 aromatic rings. The third-order valence-corrected chi connectivity index (χ3v) is 3.66. The predicted molar refractivity (Wildman–Crippen MR) is 66.1 cm³/mol. The minimum atomic E-state index is 0.608. The molecule has 0 aliphatic carbocycles. The van der Waals surface area contributed by atoms with E-state index in [-0.39, 0.29) is 0 Å². The molecule has 0 aliphatic rings.